The number of amides is 1. The van der Waals surface area contributed by atoms with Gasteiger partial charge in [0, 0.05) is 25.6 Å². The fourth-order valence-corrected chi connectivity index (χ4v) is 3.70. The van der Waals surface area contributed by atoms with E-state index < -0.39 is 0 Å². The molecule has 6 heteroatoms. The first kappa shape index (κ1) is 18.3. The summed E-state index contributed by atoms with van der Waals surface area (Å²) < 4.78 is 11.1. The van der Waals surface area contributed by atoms with E-state index in [9.17, 15) is 4.79 Å². The minimum absolute atomic E-state index is 0.130. The maximum Gasteiger partial charge on any atom is 0.229 e. The van der Waals surface area contributed by atoms with E-state index in [4.69, 9.17) is 9.47 Å². The summed E-state index contributed by atoms with van der Waals surface area (Å²) in [6.45, 7) is 3.76. The molecule has 1 amide bonds. The van der Waals surface area contributed by atoms with Gasteiger partial charge in [0.15, 0.2) is 0 Å². The molecule has 1 aliphatic rings. The van der Waals surface area contributed by atoms with Gasteiger partial charge in [0.25, 0.3) is 0 Å². The predicted octanol–water partition coefficient (Wildman–Crippen LogP) is 3.21. The minimum atomic E-state index is -0.130. The van der Waals surface area contributed by atoms with E-state index in [1.54, 1.807) is 7.11 Å². The molecule has 6 nitrogen and oxygen atoms in total. The van der Waals surface area contributed by atoms with Crippen LogP contribution in [0.3, 0.4) is 0 Å². The van der Waals surface area contributed by atoms with Crippen molar-refractivity contribution in [2.24, 2.45) is 5.92 Å². The summed E-state index contributed by atoms with van der Waals surface area (Å²) in [5, 5.41) is 0. The van der Waals surface area contributed by atoms with E-state index in [0.29, 0.717) is 26.1 Å². The molecule has 1 aromatic heterocycles. The van der Waals surface area contributed by atoms with Crippen molar-refractivity contribution in [2.45, 2.75) is 19.8 Å². The summed E-state index contributed by atoms with van der Waals surface area (Å²) in [4.78, 5) is 22.9. The van der Waals surface area contributed by atoms with Crippen LogP contribution in [0.4, 0.5) is 0 Å². The molecule has 0 bridgehead atoms. The molecule has 0 spiro atoms. The van der Waals surface area contributed by atoms with Crippen molar-refractivity contribution in [3.05, 3.63) is 53.9 Å². The number of ether oxygens (including phenoxy) is 2. The van der Waals surface area contributed by atoms with Gasteiger partial charge >= 0.3 is 0 Å². The molecule has 0 aliphatic carbocycles. The average molecular weight is 379 g/mol. The Balaban J connectivity index is 1.41. The van der Waals surface area contributed by atoms with Gasteiger partial charge in [0.1, 0.15) is 23.9 Å². The fourth-order valence-electron chi connectivity index (χ4n) is 3.70. The van der Waals surface area contributed by atoms with E-state index in [1.165, 1.54) is 0 Å². The second-order valence-electron chi connectivity index (χ2n) is 7.05. The maximum absolute atomic E-state index is 13.0. The quantitative estimate of drug-likeness (QED) is 0.714. The predicted molar refractivity (Wildman–Crippen MR) is 108 cm³/mol. The number of aromatic amines is 1. The third-order valence-corrected chi connectivity index (χ3v) is 5.28. The largest absolute Gasteiger partial charge is 0.497 e. The summed E-state index contributed by atoms with van der Waals surface area (Å²) >= 11 is 0. The zero-order valence-electron chi connectivity index (χ0n) is 16.3. The normalized spacial score (nSPS) is 15.7. The number of imidazole rings is 1. The van der Waals surface area contributed by atoms with Gasteiger partial charge < -0.3 is 19.4 Å². The zero-order chi connectivity index (χ0) is 19.5. The zero-order valence-corrected chi connectivity index (χ0v) is 16.3. The van der Waals surface area contributed by atoms with Gasteiger partial charge in [-0.2, -0.15) is 0 Å². The average Bonchev–Trinajstić information content (AvgIpc) is 3.15. The molecule has 2 aromatic carbocycles. The third-order valence-electron chi connectivity index (χ3n) is 5.28. The summed E-state index contributed by atoms with van der Waals surface area (Å²) in [6, 6.07) is 13.7. The molecule has 0 unspecified atom stereocenters. The number of nitrogens with one attached hydrogen (secondary N) is 1. The molecule has 4 rings (SSSR count). The first-order valence-electron chi connectivity index (χ1n) is 9.70. The molecule has 1 aliphatic heterocycles. The number of nitrogens with zero attached hydrogens (tertiary/aromatic N) is 2. The number of likely N-dealkylation sites (N-methyl/N-ethyl adjacent to an activating group) is 1. The highest BCUT2D eigenvalue weighted by molar-refractivity contribution is 5.80. The molecular weight excluding hydrogens is 354 g/mol. The van der Waals surface area contributed by atoms with Crippen molar-refractivity contribution in [2.75, 3.05) is 26.8 Å². The Morgan fingerprint density at radius 2 is 2.18 bits per heavy atom. The maximum atomic E-state index is 13.0. The van der Waals surface area contributed by atoms with E-state index in [1.807, 2.05) is 54.3 Å². The van der Waals surface area contributed by atoms with E-state index >= 15 is 0 Å². The Bertz CT molecular complexity index is 982. The van der Waals surface area contributed by atoms with Gasteiger partial charge in [-0.1, -0.05) is 18.2 Å². The highest BCUT2D eigenvalue weighted by atomic mass is 16.5. The number of fused-ring (bicyclic) bond motifs is 2. The molecule has 1 N–H and O–H groups in total. The van der Waals surface area contributed by atoms with Crippen LogP contribution < -0.4 is 9.47 Å². The molecule has 0 saturated heterocycles. The lowest BCUT2D eigenvalue weighted by Gasteiger charge is -2.29. The van der Waals surface area contributed by atoms with Crippen LogP contribution in [0.2, 0.25) is 0 Å². The number of hydrogen-bond acceptors (Lipinski definition) is 4. The standard InChI is InChI=1S/C22H25N3O3/c1-3-25(22(26)16-12-15-6-4-5-7-20(15)28-14-16)11-10-21-23-18-9-8-17(27-2)13-19(18)24-21/h4-9,13,16H,3,10-12,14H2,1-2H3,(H,23,24)/t16-/m0/s1. The summed E-state index contributed by atoms with van der Waals surface area (Å²) in [7, 11) is 1.65. The van der Waals surface area contributed by atoms with Crippen molar-refractivity contribution in [3.8, 4) is 11.5 Å². The minimum Gasteiger partial charge on any atom is -0.497 e. The molecule has 0 radical (unpaired) electrons. The molecule has 146 valence electrons. The van der Waals surface area contributed by atoms with Crippen molar-refractivity contribution in [1.29, 1.82) is 0 Å². The molecular formula is C22H25N3O3. The molecule has 0 fully saturated rings. The highest BCUT2D eigenvalue weighted by Crippen LogP contribution is 2.27. The van der Waals surface area contributed by atoms with Crippen LogP contribution >= 0.6 is 0 Å². The summed E-state index contributed by atoms with van der Waals surface area (Å²) in [6.07, 6.45) is 1.41. The summed E-state index contributed by atoms with van der Waals surface area (Å²) in [5.41, 5.74) is 2.96. The number of hydrogen-bond donors (Lipinski definition) is 1. The van der Waals surface area contributed by atoms with Crippen LogP contribution in [0.15, 0.2) is 42.5 Å². The Morgan fingerprint density at radius 3 is 3.00 bits per heavy atom. The smallest absolute Gasteiger partial charge is 0.229 e. The number of benzene rings is 2. The first-order valence-corrected chi connectivity index (χ1v) is 9.70. The van der Waals surface area contributed by atoms with Crippen LogP contribution in [0.25, 0.3) is 11.0 Å². The van der Waals surface area contributed by atoms with Crippen LogP contribution in [-0.4, -0.2) is 47.6 Å². The number of methoxy groups -OCH3 is 1. The molecule has 3 aromatic rings. The molecule has 28 heavy (non-hydrogen) atoms. The first-order chi connectivity index (χ1) is 13.7. The van der Waals surface area contributed by atoms with Crippen LogP contribution in [0.1, 0.15) is 18.3 Å². The third kappa shape index (κ3) is 3.67. The molecule has 1 atom stereocenters. The van der Waals surface area contributed by atoms with Crippen molar-refractivity contribution in [1.82, 2.24) is 14.9 Å². The number of H-pyrrole nitrogens is 1. The topological polar surface area (TPSA) is 67.5 Å². The highest BCUT2D eigenvalue weighted by Gasteiger charge is 2.28. The van der Waals surface area contributed by atoms with E-state index in [-0.39, 0.29) is 11.8 Å². The number of para-hydroxylation sites is 1. The van der Waals surface area contributed by atoms with Crippen LogP contribution in [0.5, 0.6) is 11.5 Å². The number of carbonyl (C=O) groups is 1. The fraction of sp³-hybridized carbons (Fsp3) is 0.364. The SMILES string of the molecule is CCN(CCc1nc2ccc(OC)cc2[nH]1)C(=O)[C@@H]1COc2ccccc2C1. The number of carbonyl (C=O) groups excluding carboxylic acids is 1. The Labute approximate surface area is 164 Å². The van der Waals surface area contributed by atoms with Gasteiger partial charge in [-0.25, -0.2) is 4.98 Å². The van der Waals surface area contributed by atoms with Crippen molar-refractivity contribution >= 4 is 16.9 Å². The van der Waals surface area contributed by atoms with E-state index in [2.05, 4.69) is 9.97 Å². The lowest BCUT2D eigenvalue weighted by Crippen LogP contribution is -2.41. The molecule has 2 heterocycles. The Morgan fingerprint density at radius 1 is 1.32 bits per heavy atom. The van der Waals surface area contributed by atoms with Gasteiger partial charge in [0.05, 0.1) is 24.1 Å². The van der Waals surface area contributed by atoms with Gasteiger partial charge in [-0.05, 0) is 37.1 Å². The van der Waals surface area contributed by atoms with Crippen LogP contribution in [0, 0.1) is 5.92 Å². The second kappa shape index (κ2) is 7.92. The van der Waals surface area contributed by atoms with Gasteiger partial charge in [0.2, 0.25) is 5.91 Å². The Kier molecular flexibility index (Phi) is 5.19. The second-order valence-corrected chi connectivity index (χ2v) is 7.05. The van der Waals surface area contributed by atoms with Crippen molar-refractivity contribution in [3.63, 3.8) is 0 Å². The van der Waals surface area contributed by atoms with Crippen LogP contribution in [-0.2, 0) is 17.6 Å². The molecule has 0 saturated carbocycles. The number of aromatic nitrogens is 2. The lowest BCUT2D eigenvalue weighted by atomic mass is 9.95. The lowest BCUT2D eigenvalue weighted by molar-refractivity contribution is -0.136. The summed E-state index contributed by atoms with van der Waals surface area (Å²) in [5.74, 6) is 2.59. The van der Waals surface area contributed by atoms with Gasteiger partial charge in [-0.15, -0.1) is 0 Å². The van der Waals surface area contributed by atoms with Crippen molar-refractivity contribution < 1.29 is 14.3 Å². The van der Waals surface area contributed by atoms with Gasteiger partial charge in [-0.3, -0.25) is 4.79 Å². The monoisotopic (exact) mass is 379 g/mol. The van der Waals surface area contributed by atoms with E-state index in [0.717, 1.165) is 40.3 Å². The number of rotatable bonds is 6. The Hall–Kier alpha value is -3.02.